The normalized spacial score (nSPS) is 12.4. The molecule has 0 aliphatic heterocycles. The summed E-state index contributed by atoms with van der Waals surface area (Å²) >= 11 is 3.29. The smallest absolute Gasteiger partial charge is 0.266 e. The topological polar surface area (TPSA) is 59.9 Å². The van der Waals surface area contributed by atoms with E-state index in [1.165, 1.54) is 25.6 Å². The Morgan fingerprint density at radius 2 is 1.92 bits per heavy atom. The van der Waals surface area contributed by atoms with Gasteiger partial charge in [-0.1, -0.05) is 18.2 Å². The number of anilines is 1. The molecule has 0 radical (unpaired) electrons. The maximum atomic E-state index is 14.4. The minimum absolute atomic E-state index is 0.120. The molecule has 0 fully saturated rings. The van der Waals surface area contributed by atoms with Gasteiger partial charge in [0, 0.05) is 5.56 Å². The zero-order chi connectivity index (χ0) is 18.8. The van der Waals surface area contributed by atoms with Crippen molar-refractivity contribution in [2.24, 2.45) is 0 Å². The molecule has 0 aliphatic rings. The van der Waals surface area contributed by atoms with Crippen LogP contribution in [0.4, 0.5) is 19.0 Å². The molecule has 0 saturated heterocycles. The Hall–Kier alpha value is -2.42. The van der Waals surface area contributed by atoms with Crippen LogP contribution in [0.5, 0.6) is 5.88 Å². The Balaban J connectivity index is 2.02. The predicted molar refractivity (Wildman–Crippen MR) is 95.0 cm³/mol. The highest BCUT2D eigenvalue weighted by molar-refractivity contribution is 9.10. The van der Waals surface area contributed by atoms with Gasteiger partial charge in [0.1, 0.15) is 28.1 Å². The SMILES string of the molecule is COc1nc(Br)cc2c(NC(C)c3cccc(C(F)F)c3F)ncnc12. The van der Waals surface area contributed by atoms with E-state index in [9.17, 15) is 13.2 Å². The van der Waals surface area contributed by atoms with Crippen LogP contribution in [0.15, 0.2) is 35.2 Å². The molecule has 1 unspecified atom stereocenters. The summed E-state index contributed by atoms with van der Waals surface area (Å²) in [7, 11) is 1.47. The van der Waals surface area contributed by atoms with E-state index in [0.717, 1.165) is 6.07 Å². The quantitative estimate of drug-likeness (QED) is 0.578. The van der Waals surface area contributed by atoms with Crippen molar-refractivity contribution in [2.75, 3.05) is 12.4 Å². The van der Waals surface area contributed by atoms with Gasteiger partial charge in [-0.25, -0.2) is 28.1 Å². The molecule has 0 aliphatic carbocycles. The summed E-state index contributed by atoms with van der Waals surface area (Å²) < 4.78 is 46.0. The lowest BCUT2D eigenvalue weighted by Gasteiger charge is -2.18. The largest absolute Gasteiger partial charge is 0.479 e. The molecule has 26 heavy (non-hydrogen) atoms. The number of nitrogens with one attached hydrogen (secondary N) is 1. The number of fused-ring (bicyclic) bond motifs is 1. The van der Waals surface area contributed by atoms with Crippen molar-refractivity contribution in [3.63, 3.8) is 0 Å². The van der Waals surface area contributed by atoms with Gasteiger partial charge in [-0.3, -0.25) is 0 Å². The van der Waals surface area contributed by atoms with E-state index in [1.807, 2.05) is 0 Å². The molecule has 136 valence electrons. The summed E-state index contributed by atoms with van der Waals surface area (Å²) in [6, 6.07) is 5.02. The molecule has 3 rings (SSSR count). The molecule has 2 heterocycles. The standard InChI is InChI=1S/C17H14BrF3N4O/c1-8(9-4-3-5-10(13(9)19)15(20)21)24-16-11-6-12(18)25-17(26-2)14(11)22-7-23-16/h3-8,15H,1-2H3,(H,22,23,24). The molecular formula is C17H14BrF3N4O. The molecule has 5 nitrogen and oxygen atoms in total. The van der Waals surface area contributed by atoms with Crippen LogP contribution in [0.25, 0.3) is 10.9 Å². The van der Waals surface area contributed by atoms with E-state index in [-0.39, 0.29) is 5.56 Å². The lowest BCUT2D eigenvalue weighted by atomic mass is 10.0. The third-order valence-electron chi connectivity index (χ3n) is 3.86. The zero-order valence-electron chi connectivity index (χ0n) is 13.8. The van der Waals surface area contributed by atoms with Gasteiger partial charge in [0.15, 0.2) is 0 Å². The summed E-state index contributed by atoms with van der Waals surface area (Å²) in [5, 5.41) is 3.65. The summed E-state index contributed by atoms with van der Waals surface area (Å²) in [4.78, 5) is 12.5. The van der Waals surface area contributed by atoms with Gasteiger partial charge in [-0.05, 0) is 28.9 Å². The van der Waals surface area contributed by atoms with Crippen molar-refractivity contribution < 1.29 is 17.9 Å². The van der Waals surface area contributed by atoms with Gasteiger partial charge in [-0.2, -0.15) is 0 Å². The second kappa shape index (κ2) is 7.45. The number of nitrogens with zero attached hydrogens (tertiary/aromatic N) is 3. The number of aromatic nitrogens is 3. The van der Waals surface area contributed by atoms with Gasteiger partial charge >= 0.3 is 0 Å². The number of halogens is 4. The molecule has 9 heteroatoms. The Bertz CT molecular complexity index is 955. The van der Waals surface area contributed by atoms with Crippen molar-refractivity contribution in [1.29, 1.82) is 0 Å². The van der Waals surface area contributed by atoms with Crippen LogP contribution in [0.2, 0.25) is 0 Å². The van der Waals surface area contributed by atoms with E-state index in [4.69, 9.17) is 4.74 Å². The van der Waals surface area contributed by atoms with Crippen LogP contribution >= 0.6 is 15.9 Å². The summed E-state index contributed by atoms with van der Waals surface area (Å²) in [6.07, 6.45) is -1.56. The fraction of sp³-hybridized carbons (Fsp3) is 0.235. The fourth-order valence-electron chi connectivity index (χ4n) is 2.62. The number of hydrogen-bond acceptors (Lipinski definition) is 5. The molecule has 1 atom stereocenters. The Morgan fingerprint density at radius 3 is 2.62 bits per heavy atom. The average Bonchev–Trinajstić information content (AvgIpc) is 2.61. The Labute approximate surface area is 155 Å². The monoisotopic (exact) mass is 426 g/mol. The minimum atomic E-state index is -2.88. The number of benzene rings is 1. The third-order valence-corrected chi connectivity index (χ3v) is 4.27. The van der Waals surface area contributed by atoms with Crippen LogP contribution in [0.3, 0.4) is 0 Å². The molecule has 1 aromatic carbocycles. The average molecular weight is 427 g/mol. The van der Waals surface area contributed by atoms with Crippen LogP contribution in [0.1, 0.15) is 30.5 Å². The first kappa shape index (κ1) is 18.4. The van der Waals surface area contributed by atoms with Crippen molar-refractivity contribution in [3.8, 4) is 5.88 Å². The number of hydrogen-bond donors (Lipinski definition) is 1. The van der Waals surface area contributed by atoms with Crippen molar-refractivity contribution in [3.05, 3.63) is 52.1 Å². The van der Waals surface area contributed by atoms with Crippen molar-refractivity contribution in [1.82, 2.24) is 15.0 Å². The van der Waals surface area contributed by atoms with E-state index in [2.05, 4.69) is 36.2 Å². The van der Waals surface area contributed by atoms with E-state index in [1.54, 1.807) is 13.0 Å². The van der Waals surface area contributed by atoms with E-state index < -0.39 is 23.8 Å². The van der Waals surface area contributed by atoms with Gasteiger partial charge in [0.2, 0.25) is 5.88 Å². The van der Waals surface area contributed by atoms with E-state index >= 15 is 0 Å². The minimum Gasteiger partial charge on any atom is -0.479 e. The first-order valence-corrected chi connectivity index (χ1v) is 8.40. The Kier molecular flexibility index (Phi) is 5.26. The second-order valence-electron chi connectivity index (χ2n) is 5.49. The molecule has 1 N–H and O–H groups in total. The van der Waals surface area contributed by atoms with E-state index in [0.29, 0.717) is 27.2 Å². The third kappa shape index (κ3) is 3.44. The summed E-state index contributed by atoms with van der Waals surface area (Å²) in [6.45, 7) is 1.66. The van der Waals surface area contributed by atoms with Gasteiger partial charge in [0.05, 0.1) is 24.1 Å². The van der Waals surface area contributed by atoms with Crippen molar-refractivity contribution >= 4 is 32.7 Å². The fourth-order valence-corrected chi connectivity index (χ4v) is 3.01. The van der Waals surface area contributed by atoms with Crippen molar-refractivity contribution in [2.45, 2.75) is 19.4 Å². The first-order chi connectivity index (χ1) is 12.4. The molecule has 0 saturated carbocycles. The number of alkyl halides is 2. The number of rotatable bonds is 5. The van der Waals surface area contributed by atoms with Gasteiger partial charge in [-0.15, -0.1) is 0 Å². The highest BCUT2D eigenvalue weighted by Gasteiger charge is 2.20. The predicted octanol–water partition coefficient (Wildman–Crippen LogP) is 5.05. The molecule has 0 spiro atoms. The number of ether oxygens (including phenoxy) is 1. The molecular weight excluding hydrogens is 413 g/mol. The maximum absolute atomic E-state index is 14.4. The van der Waals surface area contributed by atoms with Gasteiger partial charge < -0.3 is 10.1 Å². The van der Waals surface area contributed by atoms with Gasteiger partial charge in [0.25, 0.3) is 6.43 Å². The van der Waals surface area contributed by atoms with Crippen LogP contribution in [-0.4, -0.2) is 22.1 Å². The molecule has 3 aromatic rings. The molecule has 0 amide bonds. The lowest BCUT2D eigenvalue weighted by Crippen LogP contribution is -2.12. The Morgan fingerprint density at radius 1 is 1.19 bits per heavy atom. The van der Waals surface area contributed by atoms with Crippen LogP contribution in [-0.2, 0) is 0 Å². The molecule has 0 bridgehead atoms. The maximum Gasteiger partial charge on any atom is 0.266 e. The van der Waals surface area contributed by atoms with Crippen LogP contribution in [0, 0.1) is 5.82 Å². The number of pyridine rings is 1. The first-order valence-electron chi connectivity index (χ1n) is 7.60. The highest BCUT2D eigenvalue weighted by Crippen LogP contribution is 2.32. The summed E-state index contributed by atoms with van der Waals surface area (Å²) in [5.41, 5.74) is -0.0332. The lowest BCUT2D eigenvalue weighted by molar-refractivity contribution is 0.146. The molecule has 2 aromatic heterocycles. The van der Waals surface area contributed by atoms with Crippen LogP contribution < -0.4 is 10.1 Å². The zero-order valence-corrected chi connectivity index (χ0v) is 15.4. The number of methoxy groups -OCH3 is 1. The second-order valence-corrected chi connectivity index (χ2v) is 6.30. The summed E-state index contributed by atoms with van der Waals surface area (Å²) in [5.74, 6) is -0.217. The highest BCUT2D eigenvalue weighted by atomic mass is 79.9.